The number of ether oxygens (including phenoxy) is 1. The maximum Gasteiger partial charge on any atom is 0.328 e. The summed E-state index contributed by atoms with van der Waals surface area (Å²) in [6, 6.07) is 14.4. The Morgan fingerprint density at radius 3 is 2.68 bits per heavy atom. The number of aliphatic carboxylic acids is 1. The van der Waals surface area contributed by atoms with E-state index in [0.717, 1.165) is 22.6 Å². The minimum Gasteiger partial charge on any atom is -0.497 e. The van der Waals surface area contributed by atoms with Crippen molar-refractivity contribution in [2.45, 2.75) is 12.5 Å². The predicted molar refractivity (Wildman–Crippen MR) is 84.6 cm³/mol. The Hall–Kier alpha value is -2.82. The van der Waals surface area contributed by atoms with E-state index in [1.165, 1.54) is 0 Å². The number of fused-ring (bicyclic) bond motifs is 1. The molecule has 0 bridgehead atoms. The van der Waals surface area contributed by atoms with Crippen molar-refractivity contribution in [3.63, 3.8) is 0 Å². The summed E-state index contributed by atoms with van der Waals surface area (Å²) in [6.45, 7) is 0. The van der Waals surface area contributed by atoms with Gasteiger partial charge in [-0.2, -0.15) is 5.10 Å². The summed E-state index contributed by atoms with van der Waals surface area (Å²) in [5, 5.41) is 15.3. The van der Waals surface area contributed by atoms with E-state index in [1.807, 2.05) is 48.5 Å². The Labute approximate surface area is 128 Å². The second kappa shape index (κ2) is 5.89. The molecule has 2 aromatic rings. The highest BCUT2D eigenvalue weighted by molar-refractivity contribution is 5.85. The summed E-state index contributed by atoms with van der Waals surface area (Å²) >= 11 is 0. The van der Waals surface area contributed by atoms with Crippen LogP contribution in [0.25, 0.3) is 0 Å². The Morgan fingerprint density at radius 1 is 1.27 bits per heavy atom. The third kappa shape index (κ3) is 2.65. The molecule has 0 aliphatic carbocycles. The van der Waals surface area contributed by atoms with Crippen LogP contribution in [-0.2, 0) is 11.2 Å². The van der Waals surface area contributed by atoms with Crippen molar-refractivity contribution in [3.8, 4) is 5.75 Å². The smallest absolute Gasteiger partial charge is 0.328 e. The number of hydrogen-bond donors (Lipinski definition) is 1. The normalized spacial score (nSPS) is 16.8. The fraction of sp³-hybridized carbons (Fsp3) is 0.176. The highest BCUT2D eigenvalue weighted by atomic mass is 16.5. The van der Waals surface area contributed by atoms with Crippen LogP contribution in [-0.4, -0.2) is 30.4 Å². The van der Waals surface area contributed by atoms with E-state index >= 15 is 0 Å². The molecule has 1 aliphatic heterocycles. The van der Waals surface area contributed by atoms with E-state index in [-0.39, 0.29) is 0 Å². The lowest BCUT2D eigenvalue weighted by Gasteiger charge is -2.18. The lowest BCUT2D eigenvalue weighted by molar-refractivity contribution is -0.138. The maximum absolute atomic E-state index is 11.4. The molecular formula is C17H16N2O3. The largest absolute Gasteiger partial charge is 0.497 e. The number of hydrogen-bond acceptors (Lipinski definition) is 4. The Kier molecular flexibility index (Phi) is 3.78. The fourth-order valence-electron chi connectivity index (χ4n) is 2.52. The van der Waals surface area contributed by atoms with Gasteiger partial charge in [-0.15, -0.1) is 0 Å². The molecule has 1 heterocycles. The quantitative estimate of drug-likeness (QED) is 0.881. The molecule has 0 spiro atoms. The molecule has 1 unspecified atom stereocenters. The second-order valence-corrected chi connectivity index (χ2v) is 5.05. The number of anilines is 1. The van der Waals surface area contributed by atoms with Crippen molar-refractivity contribution in [2.75, 3.05) is 12.1 Å². The zero-order valence-corrected chi connectivity index (χ0v) is 12.1. The first-order valence-corrected chi connectivity index (χ1v) is 6.97. The zero-order valence-electron chi connectivity index (χ0n) is 12.1. The SMILES string of the molecule is COc1ccc(/C=N/N2c3ccccc3CC2C(=O)O)cc1. The molecule has 2 aromatic carbocycles. The van der Waals surface area contributed by atoms with Crippen molar-refractivity contribution in [1.82, 2.24) is 0 Å². The summed E-state index contributed by atoms with van der Waals surface area (Å²) in [5.74, 6) is -0.102. The minimum atomic E-state index is -0.872. The number of carboxylic acids is 1. The Morgan fingerprint density at radius 2 is 2.00 bits per heavy atom. The van der Waals surface area contributed by atoms with Crippen molar-refractivity contribution in [3.05, 3.63) is 59.7 Å². The number of benzene rings is 2. The van der Waals surface area contributed by atoms with Crippen LogP contribution in [0.4, 0.5) is 5.69 Å². The van der Waals surface area contributed by atoms with Crippen LogP contribution in [0.5, 0.6) is 5.75 Å². The zero-order chi connectivity index (χ0) is 15.5. The molecular weight excluding hydrogens is 280 g/mol. The van der Waals surface area contributed by atoms with Gasteiger partial charge in [-0.1, -0.05) is 18.2 Å². The van der Waals surface area contributed by atoms with Gasteiger partial charge in [0.25, 0.3) is 0 Å². The van der Waals surface area contributed by atoms with E-state index in [9.17, 15) is 9.90 Å². The van der Waals surface area contributed by atoms with E-state index in [1.54, 1.807) is 18.3 Å². The number of hydrazone groups is 1. The van der Waals surface area contributed by atoms with Crippen LogP contribution in [0.15, 0.2) is 53.6 Å². The highest BCUT2D eigenvalue weighted by Crippen LogP contribution is 2.32. The molecule has 112 valence electrons. The van der Waals surface area contributed by atoms with Gasteiger partial charge >= 0.3 is 5.97 Å². The number of nitrogens with zero attached hydrogens (tertiary/aromatic N) is 2. The van der Waals surface area contributed by atoms with Crippen LogP contribution in [0.2, 0.25) is 0 Å². The molecule has 0 fully saturated rings. The van der Waals surface area contributed by atoms with Gasteiger partial charge in [-0.25, -0.2) is 4.79 Å². The van der Waals surface area contributed by atoms with Crippen molar-refractivity contribution < 1.29 is 14.6 Å². The third-order valence-corrected chi connectivity index (χ3v) is 3.68. The van der Waals surface area contributed by atoms with Gasteiger partial charge in [0.2, 0.25) is 0 Å². The number of methoxy groups -OCH3 is 1. The Bertz CT molecular complexity index is 710. The van der Waals surface area contributed by atoms with E-state index < -0.39 is 12.0 Å². The number of carboxylic acid groups (broad SMARTS) is 1. The molecule has 22 heavy (non-hydrogen) atoms. The second-order valence-electron chi connectivity index (χ2n) is 5.05. The summed E-state index contributed by atoms with van der Waals surface area (Å²) in [5.41, 5.74) is 2.73. The molecule has 1 N–H and O–H groups in total. The van der Waals surface area contributed by atoms with E-state index in [0.29, 0.717) is 6.42 Å². The van der Waals surface area contributed by atoms with Crippen LogP contribution >= 0.6 is 0 Å². The average Bonchev–Trinajstić information content (AvgIpc) is 2.92. The first kappa shape index (κ1) is 14.1. The van der Waals surface area contributed by atoms with Crippen LogP contribution < -0.4 is 9.75 Å². The van der Waals surface area contributed by atoms with E-state index in [2.05, 4.69) is 5.10 Å². The summed E-state index contributed by atoms with van der Waals surface area (Å²) in [4.78, 5) is 11.4. The van der Waals surface area contributed by atoms with Crippen LogP contribution in [0.1, 0.15) is 11.1 Å². The number of carbonyl (C=O) groups is 1. The van der Waals surface area contributed by atoms with Crippen LogP contribution in [0, 0.1) is 0 Å². The molecule has 0 saturated carbocycles. The van der Waals surface area contributed by atoms with Gasteiger partial charge in [0, 0.05) is 6.42 Å². The first-order valence-electron chi connectivity index (χ1n) is 6.97. The Balaban J connectivity index is 1.87. The van der Waals surface area contributed by atoms with E-state index in [4.69, 9.17) is 4.74 Å². The van der Waals surface area contributed by atoms with Gasteiger partial charge in [-0.05, 0) is 41.5 Å². The van der Waals surface area contributed by atoms with Gasteiger partial charge in [-0.3, -0.25) is 5.01 Å². The topological polar surface area (TPSA) is 62.1 Å². The number of rotatable bonds is 4. The summed E-state index contributed by atoms with van der Waals surface area (Å²) < 4.78 is 5.11. The molecule has 1 aliphatic rings. The first-order chi connectivity index (χ1) is 10.7. The standard InChI is InChI=1S/C17H16N2O3/c1-22-14-8-6-12(7-9-14)11-18-19-15-5-3-2-4-13(15)10-16(19)17(20)21/h2-9,11,16H,10H2,1H3,(H,20,21)/b18-11+. The third-order valence-electron chi connectivity index (χ3n) is 3.68. The lowest BCUT2D eigenvalue weighted by atomic mass is 10.1. The lowest BCUT2D eigenvalue weighted by Crippen LogP contribution is -2.34. The summed E-state index contributed by atoms with van der Waals surface area (Å²) in [6.07, 6.45) is 2.13. The van der Waals surface area contributed by atoms with Gasteiger partial charge in [0.1, 0.15) is 5.75 Å². The minimum absolute atomic E-state index is 0.464. The molecule has 3 rings (SSSR count). The maximum atomic E-state index is 11.4. The van der Waals surface area contributed by atoms with Gasteiger partial charge < -0.3 is 9.84 Å². The predicted octanol–water partition coefficient (Wildman–Crippen LogP) is 2.54. The molecule has 0 saturated heterocycles. The molecule has 0 radical (unpaired) electrons. The van der Waals surface area contributed by atoms with Crippen molar-refractivity contribution in [2.24, 2.45) is 5.10 Å². The summed E-state index contributed by atoms with van der Waals surface area (Å²) in [7, 11) is 1.61. The van der Waals surface area contributed by atoms with Gasteiger partial charge in [0.05, 0.1) is 19.0 Å². The molecule has 5 nitrogen and oxygen atoms in total. The van der Waals surface area contributed by atoms with Crippen molar-refractivity contribution >= 4 is 17.9 Å². The fourth-order valence-corrected chi connectivity index (χ4v) is 2.52. The highest BCUT2D eigenvalue weighted by Gasteiger charge is 2.34. The van der Waals surface area contributed by atoms with Gasteiger partial charge in [0.15, 0.2) is 6.04 Å². The average molecular weight is 296 g/mol. The monoisotopic (exact) mass is 296 g/mol. The number of para-hydroxylation sites is 1. The molecule has 1 atom stereocenters. The molecule has 0 amide bonds. The van der Waals surface area contributed by atoms with Crippen LogP contribution in [0.3, 0.4) is 0 Å². The van der Waals surface area contributed by atoms with Crippen molar-refractivity contribution in [1.29, 1.82) is 0 Å². The molecule has 0 aromatic heterocycles. The molecule has 5 heteroatoms.